The van der Waals surface area contributed by atoms with Crippen LogP contribution in [0.25, 0.3) is 11.0 Å². The molecule has 0 fully saturated rings. The van der Waals surface area contributed by atoms with Gasteiger partial charge in [0.25, 0.3) is 0 Å². The molecule has 1 aromatic carbocycles. The molecule has 0 atom stereocenters. The average Bonchev–Trinajstić information content (AvgIpc) is 3.04. The number of anilines is 1. The number of fused-ring (bicyclic) bond motifs is 3. The van der Waals surface area contributed by atoms with E-state index < -0.39 is 0 Å². The monoisotopic (exact) mass is 284 g/mol. The third-order valence-electron chi connectivity index (χ3n) is 3.90. The summed E-state index contributed by atoms with van der Waals surface area (Å²) >= 11 is 0. The molecule has 3 aromatic rings. The lowest BCUT2D eigenvalue weighted by Gasteiger charge is -2.13. The summed E-state index contributed by atoms with van der Waals surface area (Å²) in [4.78, 5) is 0. The third-order valence-corrected chi connectivity index (χ3v) is 3.90. The van der Waals surface area contributed by atoms with Gasteiger partial charge >= 0.3 is 0 Å². The SMILES string of the molecule is Nc1noc2cc(Cn3cccn3)c3c(c12)OCCCC3. The van der Waals surface area contributed by atoms with Crippen LogP contribution in [-0.2, 0) is 13.0 Å². The zero-order valence-electron chi connectivity index (χ0n) is 11.6. The molecule has 6 heteroatoms. The Labute approximate surface area is 121 Å². The number of aromatic nitrogens is 3. The van der Waals surface area contributed by atoms with E-state index in [0.717, 1.165) is 36.0 Å². The Morgan fingerprint density at radius 1 is 1.33 bits per heavy atom. The fourth-order valence-corrected chi connectivity index (χ4v) is 2.91. The van der Waals surface area contributed by atoms with Gasteiger partial charge in [-0.2, -0.15) is 5.10 Å². The molecule has 2 aromatic heterocycles. The number of benzene rings is 1. The van der Waals surface area contributed by atoms with E-state index in [4.69, 9.17) is 15.0 Å². The Hall–Kier alpha value is -2.50. The molecule has 0 radical (unpaired) electrons. The molecule has 0 amide bonds. The first-order valence-electron chi connectivity index (χ1n) is 7.13. The van der Waals surface area contributed by atoms with Crippen LogP contribution < -0.4 is 10.5 Å². The van der Waals surface area contributed by atoms with Crippen LogP contribution in [0, 0.1) is 0 Å². The molecule has 108 valence electrons. The van der Waals surface area contributed by atoms with Crippen LogP contribution in [0.1, 0.15) is 24.0 Å². The van der Waals surface area contributed by atoms with Crippen molar-refractivity contribution in [1.82, 2.24) is 14.9 Å². The normalized spacial score (nSPS) is 14.7. The Morgan fingerprint density at radius 3 is 3.14 bits per heavy atom. The van der Waals surface area contributed by atoms with Crippen molar-refractivity contribution in [3.63, 3.8) is 0 Å². The molecule has 0 bridgehead atoms. The van der Waals surface area contributed by atoms with Gasteiger partial charge in [0.15, 0.2) is 11.4 Å². The van der Waals surface area contributed by atoms with Crippen LogP contribution in [0.5, 0.6) is 5.75 Å². The van der Waals surface area contributed by atoms with Gasteiger partial charge in [0, 0.05) is 18.0 Å². The fraction of sp³-hybridized carbons (Fsp3) is 0.333. The molecule has 4 rings (SSSR count). The zero-order chi connectivity index (χ0) is 14.2. The number of rotatable bonds is 2. The highest BCUT2D eigenvalue weighted by atomic mass is 16.5. The van der Waals surface area contributed by atoms with Crippen LogP contribution in [0.4, 0.5) is 5.82 Å². The summed E-state index contributed by atoms with van der Waals surface area (Å²) < 4.78 is 13.2. The Morgan fingerprint density at radius 2 is 2.29 bits per heavy atom. The molecular formula is C15H16N4O2. The van der Waals surface area contributed by atoms with E-state index in [9.17, 15) is 0 Å². The molecule has 0 unspecified atom stereocenters. The summed E-state index contributed by atoms with van der Waals surface area (Å²) in [5.41, 5.74) is 8.96. The standard InChI is InChI=1S/C15H16N4O2/c16-15-13-12(21-18-15)8-10(9-19-6-3-5-17-19)11-4-1-2-7-20-14(11)13/h3,5-6,8H,1-2,4,7,9H2,(H2,16,18). The molecule has 2 N–H and O–H groups in total. The van der Waals surface area contributed by atoms with Gasteiger partial charge in [-0.3, -0.25) is 4.68 Å². The Bertz CT molecular complexity index is 777. The van der Waals surface area contributed by atoms with Gasteiger partial charge in [-0.1, -0.05) is 5.16 Å². The number of nitrogens with two attached hydrogens (primary N) is 1. The van der Waals surface area contributed by atoms with Gasteiger partial charge in [0.05, 0.1) is 13.2 Å². The molecule has 0 saturated carbocycles. The summed E-state index contributed by atoms with van der Waals surface area (Å²) in [7, 11) is 0. The Balaban J connectivity index is 1.91. The van der Waals surface area contributed by atoms with Crippen molar-refractivity contribution >= 4 is 16.8 Å². The third kappa shape index (κ3) is 2.03. The average molecular weight is 284 g/mol. The summed E-state index contributed by atoms with van der Waals surface area (Å²) in [6.07, 6.45) is 6.86. The van der Waals surface area contributed by atoms with E-state index in [2.05, 4.69) is 10.3 Å². The van der Waals surface area contributed by atoms with Crippen LogP contribution in [0.2, 0.25) is 0 Å². The second-order valence-corrected chi connectivity index (χ2v) is 5.29. The maximum atomic E-state index is 5.95. The van der Waals surface area contributed by atoms with Gasteiger partial charge < -0.3 is 15.0 Å². The van der Waals surface area contributed by atoms with Crippen molar-refractivity contribution in [1.29, 1.82) is 0 Å². The minimum absolute atomic E-state index is 0.397. The predicted molar refractivity (Wildman–Crippen MR) is 78.2 cm³/mol. The molecule has 3 heterocycles. The second-order valence-electron chi connectivity index (χ2n) is 5.29. The van der Waals surface area contributed by atoms with Crippen molar-refractivity contribution in [3.05, 3.63) is 35.7 Å². The van der Waals surface area contributed by atoms with E-state index in [0.29, 0.717) is 24.6 Å². The largest absolute Gasteiger partial charge is 0.492 e. The predicted octanol–water partition coefficient (Wildman–Crippen LogP) is 2.37. The van der Waals surface area contributed by atoms with Gasteiger partial charge in [0.1, 0.15) is 11.1 Å². The lowest BCUT2D eigenvalue weighted by Crippen LogP contribution is -2.05. The smallest absolute Gasteiger partial charge is 0.178 e. The number of nitrogens with zero attached hydrogens (tertiary/aromatic N) is 3. The maximum absolute atomic E-state index is 5.95. The van der Waals surface area contributed by atoms with Crippen LogP contribution in [0.15, 0.2) is 29.0 Å². The highest BCUT2D eigenvalue weighted by Gasteiger charge is 2.22. The van der Waals surface area contributed by atoms with Crippen LogP contribution in [0.3, 0.4) is 0 Å². The van der Waals surface area contributed by atoms with Crippen molar-refractivity contribution in [2.75, 3.05) is 12.3 Å². The first-order chi connectivity index (χ1) is 10.3. The maximum Gasteiger partial charge on any atom is 0.178 e. The highest BCUT2D eigenvalue weighted by molar-refractivity contribution is 5.94. The quantitative estimate of drug-likeness (QED) is 0.781. The van der Waals surface area contributed by atoms with Crippen LogP contribution >= 0.6 is 0 Å². The zero-order valence-corrected chi connectivity index (χ0v) is 11.6. The number of ether oxygens (including phenoxy) is 1. The molecular weight excluding hydrogens is 268 g/mol. The van der Waals surface area contributed by atoms with Crippen molar-refractivity contribution in [3.8, 4) is 5.75 Å². The minimum atomic E-state index is 0.397. The first kappa shape index (κ1) is 12.3. The fourth-order valence-electron chi connectivity index (χ4n) is 2.91. The summed E-state index contributed by atoms with van der Waals surface area (Å²) in [5.74, 6) is 1.24. The minimum Gasteiger partial charge on any atom is -0.492 e. The molecule has 0 saturated heterocycles. The lowest BCUT2D eigenvalue weighted by molar-refractivity contribution is 0.320. The number of hydrogen-bond donors (Lipinski definition) is 1. The topological polar surface area (TPSA) is 79.1 Å². The molecule has 0 spiro atoms. The second kappa shape index (κ2) is 4.80. The van der Waals surface area contributed by atoms with Gasteiger partial charge in [-0.25, -0.2) is 0 Å². The first-order valence-corrected chi connectivity index (χ1v) is 7.13. The van der Waals surface area contributed by atoms with E-state index >= 15 is 0 Å². The molecule has 1 aliphatic heterocycles. The number of hydrogen-bond acceptors (Lipinski definition) is 5. The molecule has 6 nitrogen and oxygen atoms in total. The van der Waals surface area contributed by atoms with Gasteiger partial charge in [-0.05, 0) is 37.0 Å². The van der Waals surface area contributed by atoms with Gasteiger partial charge in [0.2, 0.25) is 0 Å². The Kier molecular flexibility index (Phi) is 2.80. The summed E-state index contributed by atoms with van der Waals surface area (Å²) in [6.45, 7) is 1.40. The molecule has 21 heavy (non-hydrogen) atoms. The van der Waals surface area contributed by atoms with Crippen molar-refractivity contribution < 1.29 is 9.26 Å². The van der Waals surface area contributed by atoms with E-state index in [1.807, 2.05) is 23.0 Å². The molecule has 1 aliphatic rings. The highest BCUT2D eigenvalue weighted by Crippen LogP contribution is 2.38. The van der Waals surface area contributed by atoms with Crippen LogP contribution in [-0.4, -0.2) is 21.5 Å². The molecule has 0 aliphatic carbocycles. The van der Waals surface area contributed by atoms with E-state index in [-0.39, 0.29) is 0 Å². The van der Waals surface area contributed by atoms with E-state index in [1.165, 1.54) is 5.56 Å². The van der Waals surface area contributed by atoms with Crippen molar-refractivity contribution in [2.24, 2.45) is 0 Å². The van der Waals surface area contributed by atoms with Crippen molar-refractivity contribution in [2.45, 2.75) is 25.8 Å². The van der Waals surface area contributed by atoms with E-state index in [1.54, 1.807) is 6.20 Å². The summed E-state index contributed by atoms with van der Waals surface area (Å²) in [5, 5.41) is 8.95. The number of nitrogen functional groups attached to an aromatic ring is 1. The van der Waals surface area contributed by atoms with Gasteiger partial charge in [-0.15, -0.1) is 0 Å². The lowest BCUT2D eigenvalue weighted by atomic mass is 9.99. The summed E-state index contributed by atoms with van der Waals surface area (Å²) in [6, 6.07) is 3.92.